The Bertz CT molecular complexity index is 331. The molecule has 78 valence electrons. The Balaban J connectivity index is 2.22. The topological polar surface area (TPSA) is 43.8 Å². The van der Waals surface area contributed by atoms with Crippen LogP contribution in [-0.2, 0) is 0 Å². The third-order valence-corrected chi connectivity index (χ3v) is 2.72. The van der Waals surface area contributed by atoms with E-state index in [0.29, 0.717) is 5.92 Å². The molecule has 2 N–H and O–H groups in total. The molecule has 1 unspecified atom stereocenters. The van der Waals surface area contributed by atoms with Crippen LogP contribution >= 0.6 is 0 Å². The van der Waals surface area contributed by atoms with E-state index in [4.69, 9.17) is 5.73 Å². The third kappa shape index (κ3) is 1.58. The summed E-state index contributed by atoms with van der Waals surface area (Å²) in [7, 11) is 0. The van der Waals surface area contributed by atoms with Crippen molar-refractivity contribution in [3.63, 3.8) is 0 Å². The smallest absolute Gasteiger partial charge is 0.284 e. The summed E-state index contributed by atoms with van der Waals surface area (Å²) < 4.78 is 26.3. The van der Waals surface area contributed by atoms with Crippen LogP contribution in [0.25, 0.3) is 0 Å². The van der Waals surface area contributed by atoms with Crippen LogP contribution < -0.4 is 5.73 Å². The van der Waals surface area contributed by atoms with Crippen molar-refractivity contribution in [3.8, 4) is 0 Å². The van der Waals surface area contributed by atoms with Crippen molar-refractivity contribution in [1.29, 1.82) is 0 Å². The van der Waals surface area contributed by atoms with Crippen molar-refractivity contribution in [2.45, 2.75) is 32.2 Å². The van der Waals surface area contributed by atoms with Gasteiger partial charge in [0, 0.05) is 6.20 Å². The van der Waals surface area contributed by atoms with Crippen molar-refractivity contribution >= 4 is 5.69 Å². The number of alkyl halides is 2. The van der Waals surface area contributed by atoms with E-state index in [-0.39, 0.29) is 17.4 Å². The molecule has 0 aromatic carbocycles. The molecule has 0 amide bonds. The Morgan fingerprint density at radius 1 is 1.57 bits per heavy atom. The molecule has 1 aliphatic carbocycles. The lowest BCUT2D eigenvalue weighted by Gasteiger charge is -2.09. The van der Waals surface area contributed by atoms with Crippen LogP contribution in [0, 0.1) is 5.92 Å². The lowest BCUT2D eigenvalue weighted by Crippen LogP contribution is -2.08. The maximum atomic E-state index is 12.4. The van der Waals surface area contributed by atoms with Crippen LogP contribution in [0.1, 0.15) is 37.9 Å². The first-order valence-electron chi connectivity index (χ1n) is 4.72. The van der Waals surface area contributed by atoms with Gasteiger partial charge in [-0.1, -0.05) is 0 Å². The number of rotatable bonds is 3. The highest BCUT2D eigenvalue weighted by molar-refractivity contribution is 5.41. The molecule has 1 fully saturated rings. The number of nitrogens with zero attached hydrogens (tertiary/aromatic N) is 2. The van der Waals surface area contributed by atoms with E-state index in [2.05, 4.69) is 5.10 Å². The molecule has 0 spiro atoms. The van der Waals surface area contributed by atoms with Crippen molar-refractivity contribution in [3.05, 3.63) is 11.9 Å². The van der Waals surface area contributed by atoms with Crippen LogP contribution in [0.2, 0.25) is 0 Å². The summed E-state index contributed by atoms with van der Waals surface area (Å²) in [4.78, 5) is 0. The van der Waals surface area contributed by atoms with Gasteiger partial charge in [0.05, 0.1) is 11.7 Å². The number of nitrogen functional groups attached to an aromatic ring is 1. The summed E-state index contributed by atoms with van der Waals surface area (Å²) in [5.74, 6) is 0.583. The van der Waals surface area contributed by atoms with E-state index in [1.807, 2.05) is 6.92 Å². The summed E-state index contributed by atoms with van der Waals surface area (Å²) in [6.07, 6.45) is 1.24. The Morgan fingerprint density at radius 3 is 2.64 bits per heavy atom. The number of anilines is 1. The van der Waals surface area contributed by atoms with Gasteiger partial charge >= 0.3 is 0 Å². The van der Waals surface area contributed by atoms with Gasteiger partial charge in [0.15, 0.2) is 5.69 Å². The summed E-state index contributed by atoms with van der Waals surface area (Å²) >= 11 is 0. The van der Waals surface area contributed by atoms with E-state index < -0.39 is 6.43 Å². The number of hydrogen-bond acceptors (Lipinski definition) is 2. The lowest BCUT2D eigenvalue weighted by molar-refractivity contribution is 0.145. The zero-order valence-electron chi connectivity index (χ0n) is 7.95. The van der Waals surface area contributed by atoms with Crippen LogP contribution in [0.15, 0.2) is 6.20 Å². The Morgan fingerprint density at radius 2 is 2.21 bits per heavy atom. The molecule has 1 atom stereocenters. The normalized spacial score (nSPS) is 18.9. The zero-order chi connectivity index (χ0) is 10.3. The highest BCUT2D eigenvalue weighted by atomic mass is 19.3. The SMILES string of the molecule is CC(C1CC1)n1cc(N)c(C(F)F)n1. The second-order valence-electron chi connectivity index (χ2n) is 3.83. The Kier molecular flexibility index (Phi) is 2.17. The summed E-state index contributed by atoms with van der Waals surface area (Å²) in [6, 6.07) is 0.185. The second-order valence-corrected chi connectivity index (χ2v) is 3.83. The molecule has 1 aromatic heterocycles. The predicted molar refractivity (Wildman–Crippen MR) is 49.0 cm³/mol. The number of hydrogen-bond donors (Lipinski definition) is 1. The van der Waals surface area contributed by atoms with Gasteiger partial charge in [-0.3, -0.25) is 4.68 Å². The van der Waals surface area contributed by atoms with Crippen molar-refractivity contribution in [2.24, 2.45) is 5.92 Å². The summed E-state index contributed by atoms with van der Waals surface area (Å²) in [5, 5.41) is 3.81. The number of nitrogens with two attached hydrogens (primary N) is 1. The first-order valence-corrected chi connectivity index (χ1v) is 4.72. The molecule has 3 nitrogen and oxygen atoms in total. The van der Waals surface area contributed by atoms with Crippen LogP contribution in [0.4, 0.5) is 14.5 Å². The highest BCUT2D eigenvalue weighted by Crippen LogP contribution is 2.39. The number of aromatic nitrogens is 2. The molecule has 0 saturated heterocycles. The lowest BCUT2D eigenvalue weighted by atomic mass is 10.2. The van der Waals surface area contributed by atoms with Gasteiger partial charge in [0.1, 0.15) is 0 Å². The fourth-order valence-corrected chi connectivity index (χ4v) is 1.59. The average molecular weight is 201 g/mol. The fraction of sp³-hybridized carbons (Fsp3) is 0.667. The summed E-state index contributed by atoms with van der Waals surface area (Å²) in [6.45, 7) is 1.99. The molecule has 1 aliphatic rings. The highest BCUT2D eigenvalue weighted by Gasteiger charge is 2.30. The third-order valence-electron chi connectivity index (χ3n) is 2.72. The zero-order valence-corrected chi connectivity index (χ0v) is 7.95. The summed E-state index contributed by atoms with van der Waals surface area (Å²) in [5.41, 5.74) is 5.23. The molecule has 2 rings (SSSR count). The van der Waals surface area contributed by atoms with Crippen molar-refractivity contribution < 1.29 is 8.78 Å². The van der Waals surface area contributed by atoms with Crippen LogP contribution in [0.3, 0.4) is 0 Å². The molecule has 1 saturated carbocycles. The number of halogens is 2. The van der Waals surface area contributed by atoms with E-state index in [9.17, 15) is 8.78 Å². The fourth-order valence-electron chi connectivity index (χ4n) is 1.59. The van der Waals surface area contributed by atoms with Gasteiger partial charge in [-0.05, 0) is 25.7 Å². The van der Waals surface area contributed by atoms with Crippen LogP contribution in [-0.4, -0.2) is 9.78 Å². The maximum Gasteiger partial charge on any atom is 0.284 e. The molecule has 5 heteroatoms. The van der Waals surface area contributed by atoms with E-state index in [0.717, 1.165) is 12.8 Å². The predicted octanol–water partition coefficient (Wildman–Crippen LogP) is 2.37. The van der Waals surface area contributed by atoms with Gasteiger partial charge in [0.25, 0.3) is 6.43 Å². The Hall–Kier alpha value is -1.13. The molecule has 0 aliphatic heterocycles. The standard InChI is InChI=1S/C9H13F2N3/c1-5(6-2-3-6)14-4-7(12)8(13-14)9(10)11/h4-6,9H,2-3,12H2,1H3. The molecule has 0 radical (unpaired) electrons. The van der Waals surface area contributed by atoms with Gasteiger partial charge in [0.2, 0.25) is 0 Å². The van der Waals surface area contributed by atoms with E-state index >= 15 is 0 Å². The van der Waals surface area contributed by atoms with E-state index in [1.54, 1.807) is 4.68 Å². The van der Waals surface area contributed by atoms with Crippen LogP contribution in [0.5, 0.6) is 0 Å². The van der Waals surface area contributed by atoms with Crippen molar-refractivity contribution in [2.75, 3.05) is 5.73 Å². The van der Waals surface area contributed by atoms with Gasteiger partial charge in [-0.2, -0.15) is 5.10 Å². The van der Waals surface area contributed by atoms with E-state index in [1.165, 1.54) is 6.20 Å². The first kappa shape index (κ1) is 9.43. The minimum Gasteiger partial charge on any atom is -0.396 e. The molecular formula is C9H13F2N3. The minimum absolute atomic E-state index is 0.0903. The largest absolute Gasteiger partial charge is 0.396 e. The quantitative estimate of drug-likeness (QED) is 0.815. The molecule has 14 heavy (non-hydrogen) atoms. The monoisotopic (exact) mass is 201 g/mol. The second kappa shape index (κ2) is 3.22. The molecule has 1 heterocycles. The minimum atomic E-state index is -2.58. The first-order chi connectivity index (χ1) is 6.59. The molecule has 0 bridgehead atoms. The van der Waals surface area contributed by atoms with Gasteiger partial charge in [-0.15, -0.1) is 0 Å². The van der Waals surface area contributed by atoms with Gasteiger partial charge in [-0.25, -0.2) is 8.78 Å². The van der Waals surface area contributed by atoms with Crippen molar-refractivity contribution in [1.82, 2.24) is 9.78 Å². The average Bonchev–Trinajstić information content (AvgIpc) is 2.88. The molecular weight excluding hydrogens is 188 g/mol. The Labute approximate surface area is 80.9 Å². The van der Waals surface area contributed by atoms with Gasteiger partial charge < -0.3 is 5.73 Å². The molecule has 1 aromatic rings. The maximum absolute atomic E-state index is 12.4.